The molecule has 1 aromatic rings. The van der Waals surface area contributed by atoms with E-state index in [1.54, 1.807) is 12.1 Å². The molecule has 0 bridgehead atoms. The Hall–Kier alpha value is -1.75. The van der Waals surface area contributed by atoms with Gasteiger partial charge in [-0.25, -0.2) is 4.79 Å². The minimum atomic E-state index is -0.860. The molecule has 0 atom stereocenters. The number of aliphatic carboxylic acids is 1. The van der Waals surface area contributed by atoms with Crippen LogP contribution in [0.5, 0.6) is 0 Å². The summed E-state index contributed by atoms with van der Waals surface area (Å²) in [6.45, 7) is 2.04. The molecule has 2 amide bonds. The van der Waals surface area contributed by atoms with Crippen LogP contribution < -0.4 is 10.6 Å². The monoisotopic (exact) mass is 282 g/mol. The van der Waals surface area contributed by atoms with Gasteiger partial charge in [-0.1, -0.05) is 17.7 Å². The van der Waals surface area contributed by atoms with Crippen LogP contribution in [0.2, 0.25) is 5.02 Å². The van der Waals surface area contributed by atoms with Crippen LogP contribution in [0, 0.1) is 12.3 Å². The first-order valence-electron chi connectivity index (χ1n) is 5.97. The third kappa shape index (κ3) is 3.17. The third-order valence-corrected chi connectivity index (χ3v) is 3.58. The van der Waals surface area contributed by atoms with Crippen molar-refractivity contribution >= 4 is 29.3 Å². The number of amides is 2. The van der Waals surface area contributed by atoms with E-state index >= 15 is 0 Å². The highest BCUT2D eigenvalue weighted by Crippen LogP contribution is 2.45. The number of anilines is 1. The maximum Gasteiger partial charge on any atom is 0.319 e. The van der Waals surface area contributed by atoms with E-state index in [-0.39, 0.29) is 6.54 Å². The van der Waals surface area contributed by atoms with Crippen LogP contribution >= 0.6 is 11.6 Å². The molecule has 1 aliphatic carbocycles. The Kier molecular flexibility index (Phi) is 3.66. The molecule has 0 aromatic heterocycles. The number of benzene rings is 1. The molecule has 2 rings (SSSR count). The highest BCUT2D eigenvalue weighted by Gasteiger charge is 2.50. The number of carbonyl (C=O) groups excluding carboxylic acids is 1. The van der Waals surface area contributed by atoms with Crippen molar-refractivity contribution in [2.24, 2.45) is 5.41 Å². The minimum Gasteiger partial charge on any atom is -0.481 e. The van der Waals surface area contributed by atoms with Crippen LogP contribution in [0.1, 0.15) is 18.4 Å². The molecule has 0 saturated heterocycles. The summed E-state index contributed by atoms with van der Waals surface area (Å²) in [5.74, 6) is -0.860. The Bertz CT molecular complexity index is 527. The van der Waals surface area contributed by atoms with E-state index in [9.17, 15) is 9.59 Å². The summed E-state index contributed by atoms with van der Waals surface area (Å²) >= 11 is 5.99. The van der Waals surface area contributed by atoms with Crippen molar-refractivity contribution < 1.29 is 14.7 Å². The van der Waals surface area contributed by atoms with E-state index in [4.69, 9.17) is 16.7 Å². The summed E-state index contributed by atoms with van der Waals surface area (Å²) in [5, 5.41) is 14.6. The standard InChI is InChI=1S/C13H15ClN2O3/c1-8-2-3-10(9(14)6-8)16-12(19)15-7-13(4-5-13)11(17)18/h2-3,6H,4-5,7H2,1H3,(H,17,18)(H2,15,16,19). The molecule has 1 aliphatic rings. The van der Waals surface area contributed by atoms with Gasteiger partial charge >= 0.3 is 12.0 Å². The fourth-order valence-corrected chi connectivity index (χ4v) is 2.04. The number of nitrogens with one attached hydrogen (secondary N) is 2. The molecule has 0 radical (unpaired) electrons. The molecule has 3 N–H and O–H groups in total. The molecule has 1 saturated carbocycles. The fraction of sp³-hybridized carbons (Fsp3) is 0.385. The number of halogens is 1. The Morgan fingerprint density at radius 3 is 2.63 bits per heavy atom. The highest BCUT2D eigenvalue weighted by molar-refractivity contribution is 6.33. The lowest BCUT2D eigenvalue weighted by Gasteiger charge is -2.13. The predicted molar refractivity (Wildman–Crippen MR) is 72.5 cm³/mol. The molecular formula is C13H15ClN2O3. The maximum atomic E-state index is 11.7. The van der Waals surface area contributed by atoms with Crippen molar-refractivity contribution in [3.05, 3.63) is 28.8 Å². The smallest absolute Gasteiger partial charge is 0.319 e. The SMILES string of the molecule is Cc1ccc(NC(=O)NCC2(C(=O)O)CC2)c(Cl)c1. The molecule has 1 aromatic carbocycles. The van der Waals surface area contributed by atoms with Crippen molar-refractivity contribution in [3.63, 3.8) is 0 Å². The fourth-order valence-electron chi connectivity index (χ4n) is 1.75. The Morgan fingerprint density at radius 2 is 2.11 bits per heavy atom. The van der Waals surface area contributed by atoms with Crippen molar-refractivity contribution in [3.8, 4) is 0 Å². The number of rotatable bonds is 4. The quantitative estimate of drug-likeness (QED) is 0.794. The molecule has 102 valence electrons. The van der Waals surface area contributed by atoms with E-state index in [1.165, 1.54) is 0 Å². The largest absolute Gasteiger partial charge is 0.481 e. The zero-order chi connectivity index (χ0) is 14.0. The second kappa shape index (κ2) is 5.09. The van der Waals surface area contributed by atoms with Gasteiger partial charge in [0.2, 0.25) is 0 Å². The van der Waals surface area contributed by atoms with E-state index < -0.39 is 17.4 Å². The highest BCUT2D eigenvalue weighted by atomic mass is 35.5. The summed E-state index contributed by atoms with van der Waals surface area (Å²) in [5.41, 5.74) is 0.734. The van der Waals surface area contributed by atoms with E-state index in [0.29, 0.717) is 23.6 Å². The average Bonchev–Trinajstić information content (AvgIpc) is 3.11. The zero-order valence-electron chi connectivity index (χ0n) is 10.5. The first-order chi connectivity index (χ1) is 8.93. The Labute approximate surface area is 116 Å². The molecule has 5 nitrogen and oxygen atoms in total. The van der Waals surface area contributed by atoms with Gasteiger partial charge in [0, 0.05) is 6.54 Å². The molecule has 1 fully saturated rings. The van der Waals surface area contributed by atoms with Crippen molar-refractivity contribution in [2.45, 2.75) is 19.8 Å². The molecule has 6 heteroatoms. The van der Waals surface area contributed by atoms with Gasteiger partial charge < -0.3 is 15.7 Å². The number of carboxylic acid groups (broad SMARTS) is 1. The predicted octanol–water partition coefficient (Wildman–Crippen LogP) is 2.63. The van der Waals surface area contributed by atoms with Crippen LogP contribution in [-0.4, -0.2) is 23.7 Å². The van der Waals surface area contributed by atoms with Crippen molar-refractivity contribution in [1.82, 2.24) is 5.32 Å². The van der Waals surface area contributed by atoms with Gasteiger partial charge in [0.1, 0.15) is 0 Å². The second-order valence-corrected chi connectivity index (χ2v) is 5.28. The second-order valence-electron chi connectivity index (χ2n) is 4.88. The van der Waals surface area contributed by atoms with Gasteiger partial charge in [-0.05, 0) is 37.5 Å². The molecule has 0 aliphatic heterocycles. The molecule has 0 unspecified atom stereocenters. The lowest BCUT2D eigenvalue weighted by molar-refractivity contribution is -0.143. The number of carbonyl (C=O) groups is 2. The third-order valence-electron chi connectivity index (χ3n) is 3.27. The number of aryl methyl sites for hydroxylation is 1. The van der Waals surface area contributed by atoms with Gasteiger partial charge in [0.15, 0.2) is 0 Å². The first kappa shape index (κ1) is 13.7. The minimum absolute atomic E-state index is 0.137. The van der Waals surface area contributed by atoms with Crippen LogP contribution in [-0.2, 0) is 4.79 Å². The average molecular weight is 283 g/mol. The summed E-state index contributed by atoms with van der Waals surface area (Å²) in [7, 11) is 0. The Morgan fingerprint density at radius 1 is 1.42 bits per heavy atom. The summed E-state index contributed by atoms with van der Waals surface area (Å²) in [6, 6.07) is 4.84. The molecular weight excluding hydrogens is 268 g/mol. The number of urea groups is 1. The van der Waals surface area contributed by atoms with Crippen molar-refractivity contribution in [1.29, 1.82) is 0 Å². The van der Waals surface area contributed by atoms with Gasteiger partial charge in [-0.2, -0.15) is 0 Å². The lowest BCUT2D eigenvalue weighted by Crippen LogP contribution is -2.36. The van der Waals surface area contributed by atoms with Gasteiger partial charge in [-0.3, -0.25) is 4.79 Å². The molecule has 0 spiro atoms. The normalized spacial score (nSPS) is 15.7. The molecule has 0 heterocycles. The van der Waals surface area contributed by atoms with Crippen LogP contribution in [0.4, 0.5) is 10.5 Å². The maximum absolute atomic E-state index is 11.7. The van der Waals surface area contributed by atoms with Crippen molar-refractivity contribution in [2.75, 3.05) is 11.9 Å². The van der Waals surface area contributed by atoms with Crippen LogP contribution in [0.3, 0.4) is 0 Å². The summed E-state index contributed by atoms with van der Waals surface area (Å²) in [6.07, 6.45) is 1.21. The number of carboxylic acids is 1. The number of hydrogen-bond donors (Lipinski definition) is 3. The van der Waals surface area contributed by atoms with Gasteiger partial charge in [0.05, 0.1) is 16.1 Å². The first-order valence-corrected chi connectivity index (χ1v) is 6.35. The number of hydrogen-bond acceptors (Lipinski definition) is 2. The van der Waals surface area contributed by atoms with E-state index in [2.05, 4.69) is 10.6 Å². The molecule has 19 heavy (non-hydrogen) atoms. The van der Waals surface area contributed by atoms with E-state index in [0.717, 1.165) is 5.56 Å². The van der Waals surface area contributed by atoms with Crippen LogP contribution in [0.15, 0.2) is 18.2 Å². The lowest BCUT2D eigenvalue weighted by atomic mass is 10.1. The van der Waals surface area contributed by atoms with E-state index in [1.807, 2.05) is 13.0 Å². The topological polar surface area (TPSA) is 78.4 Å². The van der Waals surface area contributed by atoms with Crippen LogP contribution in [0.25, 0.3) is 0 Å². The summed E-state index contributed by atoms with van der Waals surface area (Å²) in [4.78, 5) is 22.6. The van der Waals surface area contributed by atoms with Gasteiger partial charge in [-0.15, -0.1) is 0 Å². The zero-order valence-corrected chi connectivity index (χ0v) is 11.3. The van der Waals surface area contributed by atoms with Gasteiger partial charge in [0.25, 0.3) is 0 Å². The summed E-state index contributed by atoms with van der Waals surface area (Å²) < 4.78 is 0. The Balaban J connectivity index is 1.89.